The van der Waals surface area contributed by atoms with Gasteiger partial charge >= 0.3 is 5.97 Å². The fourth-order valence-electron chi connectivity index (χ4n) is 4.96. The minimum Gasteiger partial charge on any atom is -0.490 e. The van der Waals surface area contributed by atoms with Gasteiger partial charge in [0.15, 0.2) is 0 Å². The fourth-order valence-corrected chi connectivity index (χ4v) is 5.55. The van der Waals surface area contributed by atoms with Crippen molar-refractivity contribution in [2.45, 2.75) is 76.9 Å². The van der Waals surface area contributed by atoms with Crippen molar-refractivity contribution in [3.63, 3.8) is 0 Å². The Hall–Kier alpha value is -1.86. The summed E-state index contributed by atoms with van der Waals surface area (Å²) in [7, 11) is 0. The van der Waals surface area contributed by atoms with Gasteiger partial charge in [-0.2, -0.15) is 0 Å². The Morgan fingerprint density at radius 2 is 2.03 bits per heavy atom. The number of allylic oxidation sites excluding steroid dienone is 1. The van der Waals surface area contributed by atoms with Crippen molar-refractivity contribution in [1.82, 2.24) is 0 Å². The highest BCUT2D eigenvalue weighted by Crippen LogP contribution is 2.41. The predicted molar refractivity (Wildman–Crippen MR) is 141 cm³/mol. The van der Waals surface area contributed by atoms with Gasteiger partial charge < -0.3 is 19.7 Å². The van der Waals surface area contributed by atoms with Gasteiger partial charge in [0.05, 0.1) is 17.7 Å². The number of hydrogen-bond acceptors (Lipinski definition) is 5. The molecule has 1 saturated carbocycles. The van der Waals surface area contributed by atoms with Crippen molar-refractivity contribution in [3.05, 3.63) is 51.5 Å². The lowest BCUT2D eigenvalue weighted by Gasteiger charge is -2.25. The number of carboxylic acid groups (broad SMARTS) is 1. The van der Waals surface area contributed by atoms with Gasteiger partial charge in [0, 0.05) is 29.3 Å². The van der Waals surface area contributed by atoms with E-state index in [1.165, 1.54) is 5.57 Å². The zero-order chi connectivity index (χ0) is 26.1. The minimum atomic E-state index is -0.850. The molecule has 1 unspecified atom stereocenters. The maximum absolute atomic E-state index is 12.4. The number of carboxylic acids is 1. The standard InChI is InChI=1S/C28H36Cl2O6/c1-18-12-13-35-25(14-18)28-23(30)15-20(29)16-26(28)36-17-21(31)10-8-19-9-11-24(32)22(19)6-4-2-3-5-7-27(33)34/h8,10,12,15-16,19,21-22,25,31H,2-7,9,11,13-14,17H2,1H3,(H,33,34)/b10-8+/t19-,21+,22+,25?/m0/s1. The quantitative estimate of drug-likeness (QED) is 0.214. The number of Topliss-reactive ketones (excluding diaryl/α,β-unsaturated/α-hetero) is 1. The number of halogens is 2. The first kappa shape index (κ1) is 28.7. The maximum atomic E-state index is 12.4. The van der Waals surface area contributed by atoms with Gasteiger partial charge in [0.25, 0.3) is 0 Å². The summed E-state index contributed by atoms with van der Waals surface area (Å²) in [6.45, 7) is 2.58. The van der Waals surface area contributed by atoms with Gasteiger partial charge in [-0.05, 0) is 50.7 Å². The summed E-state index contributed by atoms with van der Waals surface area (Å²) in [4.78, 5) is 23.0. The summed E-state index contributed by atoms with van der Waals surface area (Å²) in [6, 6.07) is 3.36. The molecule has 0 aromatic heterocycles. The van der Waals surface area contributed by atoms with E-state index in [1.54, 1.807) is 18.2 Å². The lowest BCUT2D eigenvalue weighted by molar-refractivity contribution is -0.137. The number of carbonyl (C=O) groups is 2. The summed E-state index contributed by atoms with van der Waals surface area (Å²) in [5.74, 6) is 0.0741. The van der Waals surface area contributed by atoms with Gasteiger partial charge in [0.1, 0.15) is 24.2 Å². The van der Waals surface area contributed by atoms with Crippen molar-refractivity contribution >= 4 is 35.0 Å². The number of ether oxygens (including phenoxy) is 2. The molecular weight excluding hydrogens is 503 g/mol. The molecule has 2 aliphatic rings. The van der Waals surface area contributed by atoms with E-state index in [-0.39, 0.29) is 36.8 Å². The molecule has 1 aromatic carbocycles. The summed E-state index contributed by atoms with van der Waals surface area (Å²) >= 11 is 12.7. The maximum Gasteiger partial charge on any atom is 0.303 e. The Kier molecular flexibility index (Phi) is 11.3. The molecular formula is C28H36Cl2O6. The SMILES string of the molecule is CC1=CCOC(c2c(Cl)cc(Cl)cc2OC[C@H](O)/C=C/[C@H]2CCC(=O)[C@@H]2CCCCCCC(=O)O)C1. The van der Waals surface area contributed by atoms with Crippen LogP contribution >= 0.6 is 23.2 Å². The molecule has 3 rings (SSSR count). The van der Waals surface area contributed by atoms with Crippen molar-refractivity contribution in [3.8, 4) is 5.75 Å². The monoisotopic (exact) mass is 538 g/mol. The van der Waals surface area contributed by atoms with Gasteiger partial charge in [-0.1, -0.05) is 66.3 Å². The Morgan fingerprint density at radius 1 is 1.25 bits per heavy atom. The minimum absolute atomic E-state index is 0.0244. The number of unbranched alkanes of at least 4 members (excludes halogenated alkanes) is 3. The highest BCUT2D eigenvalue weighted by Gasteiger charge is 2.32. The molecule has 1 aliphatic heterocycles. The van der Waals surface area contributed by atoms with Crippen LogP contribution < -0.4 is 4.74 Å². The molecule has 0 saturated heterocycles. The second kappa shape index (κ2) is 14.2. The van der Waals surface area contributed by atoms with Crippen molar-refractivity contribution in [2.75, 3.05) is 13.2 Å². The first-order chi connectivity index (χ1) is 17.2. The molecule has 2 N–H and O–H groups in total. The largest absolute Gasteiger partial charge is 0.490 e. The van der Waals surface area contributed by atoms with Crippen LogP contribution in [0.5, 0.6) is 5.75 Å². The molecule has 4 atom stereocenters. The van der Waals surface area contributed by atoms with Gasteiger partial charge in [-0.3, -0.25) is 9.59 Å². The molecule has 1 fully saturated rings. The molecule has 198 valence electrons. The average Bonchev–Trinajstić information content (AvgIpc) is 3.17. The van der Waals surface area contributed by atoms with Crippen LogP contribution in [0.2, 0.25) is 10.0 Å². The van der Waals surface area contributed by atoms with Crippen molar-refractivity contribution < 1.29 is 29.3 Å². The lowest BCUT2D eigenvalue weighted by atomic mass is 9.89. The summed E-state index contributed by atoms with van der Waals surface area (Å²) in [5.41, 5.74) is 1.95. The van der Waals surface area contributed by atoms with Crippen LogP contribution in [0.1, 0.15) is 76.4 Å². The van der Waals surface area contributed by atoms with Crippen molar-refractivity contribution in [2.24, 2.45) is 11.8 Å². The zero-order valence-corrected chi connectivity index (χ0v) is 22.3. The molecule has 36 heavy (non-hydrogen) atoms. The average molecular weight is 539 g/mol. The summed E-state index contributed by atoms with van der Waals surface area (Å²) < 4.78 is 11.8. The van der Waals surface area contributed by atoms with E-state index in [0.717, 1.165) is 37.7 Å². The van der Waals surface area contributed by atoms with Crippen LogP contribution in [0.3, 0.4) is 0 Å². The normalized spacial score (nSPS) is 23.2. The number of aliphatic hydroxyl groups excluding tert-OH is 1. The van der Waals surface area contributed by atoms with E-state index in [2.05, 4.69) is 6.92 Å². The highest BCUT2D eigenvalue weighted by molar-refractivity contribution is 6.35. The summed E-state index contributed by atoms with van der Waals surface area (Å²) in [5, 5.41) is 20.2. The second-order valence-corrected chi connectivity index (χ2v) is 10.6. The topological polar surface area (TPSA) is 93.1 Å². The Balaban J connectivity index is 1.53. The van der Waals surface area contributed by atoms with Crippen LogP contribution in [0.4, 0.5) is 0 Å². The molecule has 8 heteroatoms. The van der Waals surface area contributed by atoms with E-state index in [0.29, 0.717) is 41.7 Å². The highest BCUT2D eigenvalue weighted by atomic mass is 35.5. The Bertz CT molecular complexity index is 973. The third kappa shape index (κ3) is 8.62. The van der Waals surface area contributed by atoms with Crippen LogP contribution in [-0.4, -0.2) is 41.3 Å². The predicted octanol–water partition coefficient (Wildman–Crippen LogP) is 6.72. The molecule has 1 heterocycles. The molecule has 1 aliphatic carbocycles. The second-order valence-electron chi connectivity index (χ2n) is 9.76. The van der Waals surface area contributed by atoms with Gasteiger partial charge in [-0.25, -0.2) is 0 Å². The first-order valence-electron chi connectivity index (χ1n) is 12.7. The third-order valence-corrected chi connectivity index (χ3v) is 7.45. The number of ketones is 1. The van der Waals surface area contributed by atoms with Crippen molar-refractivity contribution in [1.29, 1.82) is 0 Å². The Labute approximate surface area is 223 Å². The van der Waals surface area contributed by atoms with E-state index in [4.69, 9.17) is 37.8 Å². The first-order valence-corrected chi connectivity index (χ1v) is 13.5. The van der Waals surface area contributed by atoms with E-state index in [9.17, 15) is 14.7 Å². The molecule has 0 radical (unpaired) electrons. The van der Waals surface area contributed by atoms with Gasteiger partial charge in [-0.15, -0.1) is 0 Å². The number of benzene rings is 1. The smallest absolute Gasteiger partial charge is 0.303 e. The third-order valence-electron chi connectivity index (χ3n) is 6.92. The van der Waals surface area contributed by atoms with E-state index < -0.39 is 12.1 Å². The molecule has 0 bridgehead atoms. The number of aliphatic carboxylic acids is 1. The zero-order valence-electron chi connectivity index (χ0n) is 20.8. The number of rotatable bonds is 13. The number of hydrogen-bond donors (Lipinski definition) is 2. The summed E-state index contributed by atoms with van der Waals surface area (Å²) in [6.07, 6.45) is 11.0. The lowest BCUT2D eigenvalue weighted by Crippen LogP contribution is -2.18. The van der Waals surface area contributed by atoms with Crippen LogP contribution in [0, 0.1) is 11.8 Å². The molecule has 0 spiro atoms. The van der Waals surface area contributed by atoms with Gasteiger partial charge in [0.2, 0.25) is 0 Å². The number of carbonyl (C=O) groups excluding carboxylic acids is 1. The number of aliphatic hydroxyl groups is 1. The molecule has 1 aromatic rings. The Morgan fingerprint density at radius 3 is 2.78 bits per heavy atom. The van der Waals surface area contributed by atoms with E-state index in [1.807, 2.05) is 12.2 Å². The molecule has 6 nitrogen and oxygen atoms in total. The van der Waals surface area contributed by atoms with Crippen LogP contribution in [0.25, 0.3) is 0 Å². The fraction of sp³-hybridized carbons (Fsp3) is 0.571. The van der Waals surface area contributed by atoms with Crippen LogP contribution in [0.15, 0.2) is 35.9 Å². The van der Waals surface area contributed by atoms with E-state index >= 15 is 0 Å². The molecule has 0 amide bonds. The van der Waals surface area contributed by atoms with Crippen LogP contribution in [-0.2, 0) is 14.3 Å².